The summed E-state index contributed by atoms with van der Waals surface area (Å²) in [5.41, 5.74) is 5.69. The van der Waals surface area contributed by atoms with Crippen LogP contribution in [0.25, 0.3) is 0 Å². The highest BCUT2D eigenvalue weighted by Gasteiger charge is 2.36. The lowest BCUT2D eigenvalue weighted by Crippen LogP contribution is -2.48. The smallest absolute Gasteiger partial charge is 0.254 e. The Kier molecular flexibility index (Phi) is 5.68. The SMILES string of the molecule is CCN1c2cc(OC)c(/C=N\NC(=O)CC#N)cc2C(C)CC1(C)C. The lowest BCUT2D eigenvalue weighted by Gasteiger charge is -2.47. The Hall–Kier alpha value is -2.55. The van der Waals surface area contributed by atoms with E-state index in [1.165, 1.54) is 11.3 Å². The molecule has 0 aliphatic carbocycles. The van der Waals surface area contributed by atoms with Crippen LogP contribution < -0.4 is 15.1 Å². The lowest BCUT2D eigenvalue weighted by molar-refractivity contribution is -0.120. The van der Waals surface area contributed by atoms with Crippen molar-refractivity contribution in [3.63, 3.8) is 0 Å². The second kappa shape index (κ2) is 7.56. The average Bonchev–Trinajstić information content (AvgIpc) is 2.54. The number of hydrazone groups is 1. The summed E-state index contributed by atoms with van der Waals surface area (Å²) in [4.78, 5) is 13.7. The van der Waals surface area contributed by atoms with Gasteiger partial charge in [-0.25, -0.2) is 5.43 Å². The van der Waals surface area contributed by atoms with Crippen molar-refractivity contribution in [3.05, 3.63) is 23.3 Å². The van der Waals surface area contributed by atoms with Crippen molar-refractivity contribution >= 4 is 17.8 Å². The maximum Gasteiger partial charge on any atom is 0.254 e. The number of nitrogens with one attached hydrogen (secondary N) is 1. The number of benzene rings is 1. The van der Waals surface area contributed by atoms with E-state index in [1.807, 2.05) is 0 Å². The van der Waals surface area contributed by atoms with Gasteiger partial charge in [0.25, 0.3) is 5.91 Å². The van der Waals surface area contributed by atoms with Gasteiger partial charge in [0.2, 0.25) is 0 Å². The molecule has 0 saturated heterocycles. The fraction of sp³-hybridized carbons (Fsp3) is 0.526. The molecule has 1 aromatic rings. The Morgan fingerprint density at radius 1 is 1.56 bits per heavy atom. The number of amides is 1. The normalized spacial score (nSPS) is 18.6. The van der Waals surface area contributed by atoms with Crippen molar-refractivity contribution in [1.29, 1.82) is 5.26 Å². The summed E-state index contributed by atoms with van der Waals surface area (Å²) in [5.74, 6) is 0.697. The monoisotopic (exact) mass is 342 g/mol. The fourth-order valence-corrected chi connectivity index (χ4v) is 3.69. The van der Waals surface area contributed by atoms with Gasteiger partial charge in [0.15, 0.2) is 0 Å². The standard InChI is InChI=1S/C19H26N4O2/c1-6-23-16-10-17(25-5)14(12-21-22-18(24)7-8-20)9-15(16)13(2)11-19(23,3)4/h9-10,12-13H,6-7,11H2,1-5H3,(H,22,24)/b21-12-. The van der Waals surface area contributed by atoms with Gasteiger partial charge in [-0.15, -0.1) is 0 Å². The molecular formula is C19H26N4O2. The third-order valence-electron chi connectivity index (χ3n) is 4.69. The first-order valence-electron chi connectivity index (χ1n) is 8.52. The topological polar surface area (TPSA) is 77.7 Å². The molecule has 1 aliphatic rings. The number of rotatable bonds is 5. The summed E-state index contributed by atoms with van der Waals surface area (Å²) in [6.07, 6.45) is 2.42. The first kappa shape index (κ1) is 18.8. The van der Waals surface area contributed by atoms with Crippen molar-refractivity contribution in [2.24, 2.45) is 5.10 Å². The van der Waals surface area contributed by atoms with Gasteiger partial charge in [0.05, 0.1) is 19.4 Å². The molecule has 0 spiro atoms. The molecule has 25 heavy (non-hydrogen) atoms. The van der Waals surface area contributed by atoms with E-state index < -0.39 is 5.91 Å². The number of ether oxygens (including phenoxy) is 1. The maximum atomic E-state index is 11.3. The molecule has 134 valence electrons. The minimum absolute atomic E-state index is 0.0903. The average molecular weight is 342 g/mol. The summed E-state index contributed by atoms with van der Waals surface area (Å²) >= 11 is 0. The molecule has 1 aliphatic heterocycles. The highest BCUT2D eigenvalue weighted by atomic mass is 16.5. The van der Waals surface area contributed by atoms with Gasteiger partial charge < -0.3 is 9.64 Å². The van der Waals surface area contributed by atoms with Crippen LogP contribution in [0, 0.1) is 11.3 Å². The van der Waals surface area contributed by atoms with Crippen molar-refractivity contribution in [2.75, 3.05) is 18.6 Å². The zero-order valence-electron chi connectivity index (χ0n) is 15.6. The highest BCUT2D eigenvalue weighted by molar-refractivity contribution is 5.87. The van der Waals surface area contributed by atoms with Crippen LogP contribution in [-0.4, -0.2) is 31.3 Å². The van der Waals surface area contributed by atoms with Gasteiger partial charge in [-0.2, -0.15) is 10.4 Å². The lowest BCUT2D eigenvalue weighted by atomic mass is 9.79. The molecule has 1 amide bonds. The molecule has 2 rings (SSSR count). The van der Waals surface area contributed by atoms with E-state index >= 15 is 0 Å². The van der Waals surface area contributed by atoms with E-state index in [0.717, 1.165) is 18.5 Å². The Labute approximate surface area is 149 Å². The zero-order chi connectivity index (χ0) is 18.6. The summed E-state index contributed by atoms with van der Waals surface area (Å²) in [5, 5.41) is 12.4. The summed E-state index contributed by atoms with van der Waals surface area (Å²) in [6.45, 7) is 9.85. The van der Waals surface area contributed by atoms with Crippen molar-refractivity contribution in [3.8, 4) is 11.8 Å². The summed E-state index contributed by atoms with van der Waals surface area (Å²) < 4.78 is 5.53. The quantitative estimate of drug-likeness (QED) is 0.658. The molecule has 0 radical (unpaired) electrons. The highest BCUT2D eigenvalue weighted by Crippen LogP contribution is 2.45. The Morgan fingerprint density at radius 2 is 2.28 bits per heavy atom. The molecule has 1 heterocycles. The number of hydrogen-bond donors (Lipinski definition) is 1. The number of nitriles is 1. The van der Waals surface area contributed by atoms with Crippen LogP contribution in [0.1, 0.15) is 57.6 Å². The summed E-state index contributed by atoms with van der Waals surface area (Å²) in [7, 11) is 1.63. The van der Waals surface area contributed by atoms with Crippen LogP contribution in [0.3, 0.4) is 0 Å². The largest absolute Gasteiger partial charge is 0.496 e. The molecule has 0 saturated carbocycles. The Bertz CT molecular complexity index is 719. The van der Waals surface area contributed by atoms with Crippen LogP contribution >= 0.6 is 0 Å². The van der Waals surface area contributed by atoms with Gasteiger partial charge >= 0.3 is 0 Å². The number of carbonyl (C=O) groups excluding carboxylic acids is 1. The Morgan fingerprint density at radius 3 is 2.88 bits per heavy atom. The summed E-state index contributed by atoms with van der Waals surface area (Å²) in [6, 6.07) is 5.92. The van der Waals surface area contributed by atoms with Crippen LogP contribution in [-0.2, 0) is 4.79 Å². The van der Waals surface area contributed by atoms with E-state index in [0.29, 0.717) is 11.7 Å². The zero-order valence-corrected chi connectivity index (χ0v) is 15.6. The number of anilines is 1. The number of nitrogens with zero attached hydrogens (tertiary/aromatic N) is 3. The van der Waals surface area contributed by atoms with Crippen LogP contribution in [0.5, 0.6) is 5.75 Å². The molecular weight excluding hydrogens is 316 g/mol. The van der Waals surface area contributed by atoms with Crippen molar-refractivity contribution < 1.29 is 9.53 Å². The third-order valence-corrected chi connectivity index (χ3v) is 4.69. The molecule has 1 atom stereocenters. The van der Waals surface area contributed by atoms with Crippen LogP contribution in [0.15, 0.2) is 17.2 Å². The second-order valence-electron chi connectivity index (χ2n) is 6.94. The van der Waals surface area contributed by atoms with Gasteiger partial charge in [-0.05, 0) is 44.7 Å². The van der Waals surface area contributed by atoms with E-state index in [-0.39, 0.29) is 12.0 Å². The molecule has 6 heteroatoms. The fourth-order valence-electron chi connectivity index (χ4n) is 3.69. The van der Waals surface area contributed by atoms with Gasteiger partial charge in [-0.1, -0.05) is 6.92 Å². The molecule has 6 nitrogen and oxygen atoms in total. The first-order valence-corrected chi connectivity index (χ1v) is 8.52. The number of fused-ring (bicyclic) bond motifs is 1. The molecule has 0 aromatic heterocycles. The first-order chi connectivity index (χ1) is 11.8. The van der Waals surface area contributed by atoms with Gasteiger partial charge in [0.1, 0.15) is 12.2 Å². The van der Waals surface area contributed by atoms with Gasteiger partial charge in [-0.3, -0.25) is 4.79 Å². The van der Waals surface area contributed by atoms with Crippen LogP contribution in [0.2, 0.25) is 0 Å². The molecule has 0 bridgehead atoms. The van der Waals surface area contributed by atoms with Crippen molar-refractivity contribution in [2.45, 2.75) is 52.0 Å². The van der Waals surface area contributed by atoms with E-state index in [2.05, 4.69) is 55.3 Å². The number of methoxy groups -OCH3 is 1. The third kappa shape index (κ3) is 3.93. The minimum Gasteiger partial charge on any atom is -0.496 e. The maximum absolute atomic E-state index is 11.3. The van der Waals surface area contributed by atoms with E-state index in [9.17, 15) is 4.79 Å². The molecule has 1 N–H and O–H groups in total. The van der Waals surface area contributed by atoms with Crippen molar-refractivity contribution in [1.82, 2.24) is 5.43 Å². The van der Waals surface area contributed by atoms with Gasteiger partial charge in [0, 0.05) is 29.4 Å². The van der Waals surface area contributed by atoms with E-state index in [4.69, 9.17) is 10.00 Å². The molecule has 0 fully saturated rings. The number of hydrogen-bond acceptors (Lipinski definition) is 5. The number of carbonyl (C=O) groups is 1. The molecule has 1 aromatic carbocycles. The van der Waals surface area contributed by atoms with E-state index in [1.54, 1.807) is 19.4 Å². The Balaban J connectivity index is 2.39. The minimum atomic E-state index is -0.428. The predicted octanol–water partition coefficient (Wildman–Crippen LogP) is 3.17. The van der Waals surface area contributed by atoms with Crippen LogP contribution in [0.4, 0.5) is 5.69 Å². The molecule has 1 unspecified atom stereocenters. The predicted molar refractivity (Wildman–Crippen MR) is 99.1 cm³/mol. The second-order valence-corrected chi connectivity index (χ2v) is 6.94.